The van der Waals surface area contributed by atoms with Crippen molar-refractivity contribution in [2.24, 2.45) is 0 Å². The molecule has 0 saturated carbocycles. The maximum atomic E-state index is 5.69. The van der Waals surface area contributed by atoms with Gasteiger partial charge in [-0.1, -0.05) is 18.2 Å². The number of thioether (sulfide) groups is 1. The Bertz CT molecular complexity index is 550. The minimum absolute atomic E-state index is 0.319. The molecule has 3 rings (SSSR count). The first kappa shape index (κ1) is 13.9. The van der Waals surface area contributed by atoms with Crippen molar-refractivity contribution in [2.75, 3.05) is 25.6 Å². The summed E-state index contributed by atoms with van der Waals surface area (Å²) in [7, 11) is 0. The van der Waals surface area contributed by atoms with Crippen LogP contribution in [0.5, 0.6) is 0 Å². The molecule has 1 aliphatic heterocycles. The first-order chi connectivity index (χ1) is 9.93. The van der Waals surface area contributed by atoms with Crippen LogP contribution in [0, 0.1) is 0 Å². The predicted octanol–water partition coefficient (Wildman–Crippen LogP) is 3.52. The molecule has 1 atom stereocenters. The Morgan fingerprint density at radius 2 is 2.25 bits per heavy atom. The van der Waals surface area contributed by atoms with Crippen molar-refractivity contribution < 1.29 is 9.47 Å². The third-order valence-electron chi connectivity index (χ3n) is 3.41. The molecule has 1 aliphatic rings. The van der Waals surface area contributed by atoms with Gasteiger partial charge in [0.05, 0.1) is 24.8 Å². The van der Waals surface area contributed by atoms with Crippen molar-refractivity contribution in [2.45, 2.75) is 23.8 Å². The maximum Gasteiger partial charge on any atom is 0.0837 e. The molecule has 106 valence electrons. The van der Waals surface area contributed by atoms with E-state index in [2.05, 4.69) is 29.2 Å². The van der Waals surface area contributed by atoms with E-state index in [1.54, 1.807) is 11.8 Å². The van der Waals surface area contributed by atoms with Crippen LogP contribution in [0.1, 0.15) is 12.8 Å². The zero-order valence-corrected chi connectivity index (χ0v) is 12.3. The minimum Gasteiger partial charge on any atom is -0.378 e. The number of para-hydroxylation sites is 1. The number of rotatable bonds is 6. The van der Waals surface area contributed by atoms with Gasteiger partial charge in [-0.05, 0) is 25.0 Å². The number of ether oxygens (including phenoxy) is 2. The Labute approximate surface area is 123 Å². The van der Waals surface area contributed by atoms with Crippen LogP contribution >= 0.6 is 11.8 Å². The third kappa shape index (κ3) is 3.51. The summed E-state index contributed by atoms with van der Waals surface area (Å²) in [6.07, 6.45) is 4.48. The fourth-order valence-electron chi connectivity index (χ4n) is 2.39. The largest absolute Gasteiger partial charge is 0.378 e. The summed E-state index contributed by atoms with van der Waals surface area (Å²) in [5.41, 5.74) is 1.08. The number of benzene rings is 1. The van der Waals surface area contributed by atoms with Gasteiger partial charge in [-0.2, -0.15) is 0 Å². The van der Waals surface area contributed by atoms with Crippen LogP contribution in [0.25, 0.3) is 10.9 Å². The van der Waals surface area contributed by atoms with Gasteiger partial charge >= 0.3 is 0 Å². The summed E-state index contributed by atoms with van der Waals surface area (Å²) in [4.78, 5) is 5.69. The van der Waals surface area contributed by atoms with Crippen LogP contribution in [0.2, 0.25) is 0 Å². The van der Waals surface area contributed by atoms with Gasteiger partial charge in [0, 0.05) is 28.8 Å². The van der Waals surface area contributed by atoms with Crippen LogP contribution in [-0.2, 0) is 9.47 Å². The highest BCUT2D eigenvalue weighted by molar-refractivity contribution is 7.99. The highest BCUT2D eigenvalue weighted by Crippen LogP contribution is 2.25. The van der Waals surface area contributed by atoms with E-state index in [-0.39, 0.29) is 0 Å². The summed E-state index contributed by atoms with van der Waals surface area (Å²) in [5.74, 6) is 0.947. The van der Waals surface area contributed by atoms with Gasteiger partial charge in [-0.15, -0.1) is 11.8 Å². The van der Waals surface area contributed by atoms with Crippen molar-refractivity contribution in [1.29, 1.82) is 0 Å². The Hall–Kier alpha value is -1.10. The second kappa shape index (κ2) is 7.07. The molecular formula is C16H19NO2S. The van der Waals surface area contributed by atoms with Crippen molar-refractivity contribution in [3.05, 3.63) is 36.5 Å². The smallest absolute Gasteiger partial charge is 0.0837 e. The van der Waals surface area contributed by atoms with Gasteiger partial charge in [0.1, 0.15) is 0 Å². The van der Waals surface area contributed by atoms with E-state index in [0.717, 1.165) is 37.5 Å². The molecule has 4 heteroatoms. The molecule has 2 aromatic rings. The van der Waals surface area contributed by atoms with Gasteiger partial charge < -0.3 is 9.47 Å². The molecule has 1 saturated heterocycles. The predicted molar refractivity (Wildman–Crippen MR) is 82.3 cm³/mol. The quantitative estimate of drug-likeness (QED) is 0.601. The molecule has 1 aromatic carbocycles. The fraction of sp³-hybridized carbons (Fsp3) is 0.438. The van der Waals surface area contributed by atoms with Crippen LogP contribution in [0.3, 0.4) is 0 Å². The van der Waals surface area contributed by atoms with E-state index in [9.17, 15) is 0 Å². The highest BCUT2D eigenvalue weighted by Gasteiger charge is 2.14. The number of pyridine rings is 1. The van der Waals surface area contributed by atoms with Gasteiger partial charge in [-0.25, -0.2) is 0 Å². The Morgan fingerprint density at radius 1 is 1.30 bits per heavy atom. The number of hydrogen-bond donors (Lipinski definition) is 0. The van der Waals surface area contributed by atoms with Crippen LogP contribution in [0.4, 0.5) is 0 Å². The molecule has 0 spiro atoms. The summed E-state index contributed by atoms with van der Waals surface area (Å²) in [5, 5.41) is 1.19. The monoisotopic (exact) mass is 289 g/mol. The molecule has 3 nitrogen and oxygen atoms in total. The molecule has 0 bridgehead atoms. The molecule has 1 aromatic heterocycles. The third-order valence-corrected chi connectivity index (χ3v) is 4.42. The summed E-state index contributed by atoms with van der Waals surface area (Å²) >= 11 is 1.80. The second-order valence-corrected chi connectivity index (χ2v) is 6.03. The number of aromatic nitrogens is 1. The summed E-state index contributed by atoms with van der Waals surface area (Å²) in [6.45, 7) is 2.38. The van der Waals surface area contributed by atoms with Gasteiger partial charge in [0.25, 0.3) is 0 Å². The normalized spacial score (nSPS) is 18.7. The van der Waals surface area contributed by atoms with E-state index in [1.807, 2.05) is 12.3 Å². The number of fused-ring (bicyclic) bond motifs is 1. The lowest BCUT2D eigenvalue weighted by molar-refractivity contribution is 0.0226. The number of hydrogen-bond acceptors (Lipinski definition) is 4. The van der Waals surface area contributed by atoms with Crippen molar-refractivity contribution >= 4 is 22.7 Å². The van der Waals surface area contributed by atoms with Crippen molar-refractivity contribution in [3.63, 3.8) is 0 Å². The maximum absolute atomic E-state index is 5.69. The average molecular weight is 289 g/mol. The molecular weight excluding hydrogens is 270 g/mol. The molecule has 0 N–H and O–H groups in total. The first-order valence-corrected chi connectivity index (χ1v) is 8.08. The number of nitrogens with zero attached hydrogens (tertiary/aromatic N) is 1. The molecule has 0 radical (unpaired) electrons. The minimum atomic E-state index is 0.319. The lowest BCUT2D eigenvalue weighted by Gasteiger charge is -2.10. The molecule has 20 heavy (non-hydrogen) atoms. The van der Waals surface area contributed by atoms with Crippen molar-refractivity contribution in [3.8, 4) is 0 Å². The van der Waals surface area contributed by atoms with E-state index >= 15 is 0 Å². The van der Waals surface area contributed by atoms with Gasteiger partial charge in [0.15, 0.2) is 0 Å². The van der Waals surface area contributed by atoms with E-state index < -0.39 is 0 Å². The Morgan fingerprint density at radius 3 is 3.15 bits per heavy atom. The highest BCUT2D eigenvalue weighted by atomic mass is 32.2. The summed E-state index contributed by atoms with van der Waals surface area (Å²) < 4.78 is 11.2. The SMILES string of the molecule is c1cnc2c(SCCOC[C@@H]3CCCO3)cccc2c1. The average Bonchev–Trinajstić information content (AvgIpc) is 3.00. The molecule has 2 heterocycles. The van der Waals surface area contributed by atoms with Crippen LogP contribution in [0.15, 0.2) is 41.4 Å². The van der Waals surface area contributed by atoms with Crippen LogP contribution < -0.4 is 0 Å². The van der Waals surface area contributed by atoms with E-state index in [1.165, 1.54) is 16.7 Å². The standard InChI is InChI=1S/C16H19NO2S/c1-4-13-5-2-8-17-16(13)15(7-1)20-11-10-18-12-14-6-3-9-19-14/h1-2,4-5,7-8,14H,3,6,9-12H2/t14-/m0/s1. The second-order valence-electron chi connectivity index (χ2n) is 4.89. The Balaban J connectivity index is 1.47. The van der Waals surface area contributed by atoms with Crippen molar-refractivity contribution in [1.82, 2.24) is 4.98 Å². The van der Waals surface area contributed by atoms with Crippen LogP contribution in [-0.4, -0.2) is 36.7 Å². The lowest BCUT2D eigenvalue weighted by atomic mass is 10.2. The topological polar surface area (TPSA) is 31.4 Å². The summed E-state index contributed by atoms with van der Waals surface area (Å²) in [6, 6.07) is 10.4. The molecule has 0 amide bonds. The zero-order chi connectivity index (χ0) is 13.6. The molecule has 0 unspecified atom stereocenters. The van der Waals surface area contributed by atoms with E-state index in [0.29, 0.717) is 6.10 Å². The van der Waals surface area contributed by atoms with Gasteiger partial charge in [0.2, 0.25) is 0 Å². The van der Waals surface area contributed by atoms with Gasteiger partial charge in [-0.3, -0.25) is 4.98 Å². The molecule has 0 aliphatic carbocycles. The first-order valence-electron chi connectivity index (χ1n) is 7.09. The molecule has 1 fully saturated rings. The Kier molecular flexibility index (Phi) is 4.90. The fourth-order valence-corrected chi connectivity index (χ4v) is 3.30. The lowest BCUT2D eigenvalue weighted by Crippen LogP contribution is -2.15. The zero-order valence-electron chi connectivity index (χ0n) is 11.5. The van der Waals surface area contributed by atoms with E-state index in [4.69, 9.17) is 9.47 Å².